The zero-order valence-electron chi connectivity index (χ0n) is 13.7. The Labute approximate surface area is 138 Å². The Morgan fingerprint density at radius 1 is 1.04 bits per heavy atom. The molecule has 1 aliphatic heterocycles. The van der Waals surface area contributed by atoms with E-state index >= 15 is 0 Å². The lowest BCUT2D eigenvalue weighted by molar-refractivity contribution is -0.121. The topological polar surface area (TPSA) is 32.3 Å². The van der Waals surface area contributed by atoms with Crippen LogP contribution in [0.1, 0.15) is 24.0 Å². The zero-order valence-corrected chi connectivity index (χ0v) is 13.7. The summed E-state index contributed by atoms with van der Waals surface area (Å²) in [6.45, 7) is 5.06. The van der Waals surface area contributed by atoms with Gasteiger partial charge < -0.3 is 5.32 Å². The second-order valence-electron chi connectivity index (χ2n) is 6.39. The van der Waals surface area contributed by atoms with E-state index in [2.05, 4.69) is 41.4 Å². The summed E-state index contributed by atoms with van der Waals surface area (Å²) in [5, 5.41) is 3.02. The molecule has 0 unspecified atom stereocenters. The van der Waals surface area contributed by atoms with E-state index in [-0.39, 0.29) is 11.8 Å². The van der Waals surface area contributed by atoms with E-state index in [1.165, 1.54) is 11.1 Å². The van der Waals surface area contributed by atoms with E-state index in [0.717, 1.165) is 38.2 Å². The van der Waals surface area contributed by atoms with Crippen LogP contribution in [0.25, 0.3) is 0 Å². The number of nitrogens with zero attached hydrogens (tertiary/aromatic N) is 1. The highest BCUT2D eigenvalue weighted by molar-refractivity contribution is 5.92. The Kier molecular flexibility index (Phi) is 5.09. The molecular formula is C20H24N2O. The highest BCUT2D eigenvalue weighted by Crippen LogP contribution is 2.21. The van der Waals surface area contributed by atoms with Gasteiger partial charge >= 0.3 is 0 Å². The molecule has 0 atom stereocenters. The Bertz CT molecular complexity index is 628. The second-order valence-corrected chi connectivity index (χ2v) is 6.39. The van der Waals surface area contributed by atoms with Gasteiger partial charge in [-0.25, -0.2) is 0 Å². The Morgan fingerprint density at radius 2 is 1.70 bits per heavy atom. The summed E-state index contributed by atoms with van der Waals surface area (Å²) < 4.78 is 0. The van der Waals surface area contributed by atoms with Crippen LogP contribution in [0.15, 0.2) is 54.6 Å². The highest BCUT2D eigenvalue weighted by Gasteiger charge is 2.24. The predicted octanol–water partition coefficient (Wildman–Crippen LogP) is 3.85. The van der Waals surface area contributed by atoms with Crippen molar-refractivity contribution >= 4 is 11.6 Å². The van der Waals surface area contributed by atoms with Gasteiger partial charge in [0.15, 0.2) is 0 Å². The van der Waals surface area contributed by atoms with Crippen molar-refractivity contribution in [1.82, 2.24) is 4.90 Å². The number of likely N-dealkylation sites (tertiary alicyclic amines) is 1. The van der Waals surface area contributed by atoms with Crippen LogP contribution in [0.4, 0.5) is 5.69 Å². The molecule has 3 nitrogen and oxygen atoms in total. The van der Waals surface area contributed by atoms with Gasteiger partial charge in [-0.1, -0.05) is 48.0 Å². The van der Waals surface area contributed by atoms with Gasteiger partial charge in [-0.3, -0.25) is 9.69 Å². The monoisotopic (exact) mass is 308 g/mol. The van der Waals surface area contributed by atoms with Crippen molar-refractivity contribution in [2.24, 2.45) is 5.92 Å². The van der Waals surface area contributed by atoms with Gasteiger partial charge in [-0.05, 0) is 50.6 Å². The van der Waals surface area contributed by atoms with Crippen LogP contribution in [-0.2, 0) is 11.3 Å². The van der Waals surface area contributed by atoms with Crippen LogP contribution in [-0.4, -0.2) is 23.9 Å². The first kappa shape index (κ1) is 15.8. The number of para-hydroxylation sites is 1. The first-order chi connectivity index (χ1) is 11.2. The predicted molar refractivity (Wildman–Crippen MR) is 94.3 cm³/mol. The Morgan fingerprint density at radius 3 is 2.35 bits per heavy atom. The van der Waals surface area contributed by atoms with Crippen molar-refractivity contribution in [3.8, 4) is 0 Å². The van der Waals surface area contributed by atoms with Gasteiger partial charge in [0.05, 0.1) is 0 Å². The first-order valence-corrected chi connectivity index (χ1v) is 8.34. The Hall–Kier alpha value is -2.13. The van der Waals surface area contributed by atoms with Crippen molar-refractivity contribution in [2.75, 3.05) is 18.4 Å². The number of carbonyl (C=O) groups is 1. The molecule has 0 saturated carbocycles. The summed E-state index contributed by atoms with van der Waals surface area (Å²) in [6.07, 6.45) is 1.87. The lowest BCUT2D eigenvalue weighted by Crippen LogP contribution is -2.37. The van der Waals surface area contributed by atoms with Gasteiger partial charge in [0, 0.05) is 18.2 Å². The van der Waals surface area contributed by atoms with Crippen LogP contribution in [0.5, 0.6) is 0 Å². The standard InChI is InChI=1S/C20H24N2O/c1-16-7-9-17(10-8-16)15-22-13-11-18(12-14-22)20(23)21-19-5-3-2-4-6-19/h2-10,18H,11-15H2,1H3,(H,21,23). The van der Waals surface area contributed by atoms with E-state index in [1.807, 2.05) is 30.3 Å². The van der Waals surface area contributed by atoms with E-state index in [4.69, 9.17) is 0 Å². The SMILES string of the molecule is Cc1ccc(CN2CCC(C(=O)Nc3ccccc3)CC2)cc1. The number of rotatable bonds is 4. The number of anilines is 1. The van der Waals surface area contributed by atoms with E-state index < -0.39 is 0 Å². The summed E-state index contributed by atoms with van der Waals surface area (Å²) in [6, 6.07) is 18.4. The molecule has 1 amide bonds. The quantitative estimate of drug-likeness (QED) is 0.930. The molecule has 3 heteroatoms. The van der Waals surface area contributed by atoms with E-state index in [1.54, 1.807) is 0 Å². The van der Waals surface area contributed by atoms with Gasteiger partial charge in [0.2, 0.25) is 5.91 Å². The van der Waals surface area contributed by atoms with E-state index in [0.29, 0.717) is 0 Å². The van der Waals surface area contributed by atoms with Gasteiger partial charge in [0.25, 0.3) is 0 Å². The van der Waals surface area contributed by atoms with E-state index in [9.17, 15) is 4.79 Å². The average Bonchev–Trinajstić information content (AvgIpc) is 2.58. The van der Waals surface area contributed by atoms with Crippen molar-refractivity contribution in [1.29, 1.82) is 0 Å². The molecular weight excluding hydrogens is 284 g/mol. The summed E-state index contributed by atoms with van der Waals surface area (Å²) in [4.78, 5) is 14.8. The molecule has 2 aromatic carbocycles. The molecule has 23 heavy (non-hydrogen) atoms. The first-order valence-electron chi connectivity index (χ1n) is 8.34. The molecule has 1 saturated heterocycles. The maximum Gasteiger partial charge on any atom is 0.227 e. The molecule has 0 aliphatic carbocycles. The summed E-state index contributed by atoms with van der Waals surface area (Å²) in [7, 11) is 0. The molecule has 1 heterocycles. The number of hydrogen-bond donors (Lipinski definition) is 1. The van der Waals surface area contributed by atoms with Gasteiger partial charge in [-0.2, -0.15) is 0 Å². The molecule has 0 spiro atoms. The molecule has 0 aromatic heterocycles. The fourth-order valence-corrected chi connectivity index (χ4v) is 3.07. The molecule has 3 rings (SSSR count). The molecule has 1 fully saturated rings. The molecule has 0 bridgehead atoms. The average molecular weight is 308 g/mol. The third kappa shape index (κ3) is 4.42. The third-order valence-corrected chi connectivity index (χ3v) is 4.53. The van der Waals surface area contributed by atoms with Crippen molar-refractivity contribution in [3.05, 3.63) is 65.7 Å². The lowest BCUT2D eigenvalue weighted by atomic mass is 9.95. The minimum absolute atomic E-state index is 0.129. The molecule has 1 N–H and O–H groups in total. The smallest absolute Gasteiger partial charge is 0.227 e. The molecule has 1 aliphatic rings. The van der Waals surface area contributed by atoms with Crippen LogP contribution in [0.2, 0.25) is 0 Å². The number of nitrogens with one attached hydrogen (secondary N) is 1. The van der Waals surface area contributed by atoms with Crippen LogP contribution < -0.4 is 5.32 Å². The van der Waals surface area contributed by atoms with Crippen molar-refractivity contribution in [3.63, 3.8) is 0 Å². The second kappa shape index (κ2) is 7.42. The number of carbonyl (C=O) groups excluding carboxylic acids is 1. The van der Waals surface area contributed by atoms with Crippen LogP contribution in [0.3, 0.4) is 0 Å². The van der Waals surface area contributed by atoms with Crippen LogP contribution >= 0.6 is 0 Å². The minimum Gasteiger partial charge on any atom is -0.326 e. The summed E-state index contributed by atoms with van der Waals surface area (Å²) in [5.74, 6) is 0.288. The largest absolute Gasteiger partial charge is 0.326 e. The Balaban J connectivity index is 1.48. The van der Waals surface area contributed by atoms with Gasteiger partial charge in [-0.15, -0.1) is 0 Å². The van der Waals surface area contributed by atoms with Gasteiger partial charge in [0.1, 0.15) is 0 Å². The maximum absolute atomic E-state index is 12.3. The third-order valence-electron chi connectivity index (χ3n) is 4.53. The number of aryl methyl sites for hydroxylation is 1. The lowest BCUT2D eigenvalue weighted by Gasteiger charge is -2.31. The zero-order chi connectivity index (χ0) is 16.1. The minimum atomic E-state index is 0.129. The number of piperidine rings is 1. The maximum atomic E-state index is 12.3. The highest BCUT2D eigenvalue weighted by atomic mass is 16.1. The fraction of sp³-hybridized carbons (Fsp3) is 0.350. The normalized spacial score (nSPS) is 16.2. The van der Waals surface area contributed by atoms with Crippen molar-refractivity contribution < 1.29 is 4.79 Å². The summed E-state index contributed by atoms with van der Waals surface area (Å²) >= 11 is 0. The van der Waals surface area contributed by atoms with Crippen LogP contribution in [0, 0.1) is 12.8 Å². The van der Waals surface area contributed by atoms with Crippen molar-refractivity contribution in [2.45, 2.75) is 26.3 Å². The number of amides is 1. The fourth-order valence-electron chi connectivity index (χ4n) is 3.07. The summed E-state index contributed by atoms with van der Waals surface area (Å²) in [5.41, 5.74) is 3.53. The number of benzene rings is 2. The number of hydrogen-bond acceptors (Lipinski definition) is 2. The molecule has 2 aromatic rings. The molecule has 120 valence electrons. The molecule has 0 radical (unpaired) electrons.